The Morgan fingerprint density at radius 3 is 2.84 bits per heavy atom. The number of methoxy groups -OCH3 is 1. The van der Waals surface area contributed by atoms with Crippen molar-refractivity contribution in [2.45, 2.75) is 18.7 Å². The van der Waals surface area contributed by atoms with E-state index >= 15 is 0 Å². The van der Waals surface area contributed by atoms with E-state index in [0.717, 1.165) is 47.4 Å². The molecule has 2 fully saturated rings. The van der Waals surface area contributed by atoms with Gasteiger partial charge in [0.25, 0.3) is 0 Å². The molecule has 3 heterocycles. The number of benzene rings is 2. The smallest absolute Gasteiger partial charge is 0.232 e. The SMILES string of the molecule is COc1cnc2cccc([C@@H](O)CN3CC4[C@@H](C3)[C@@H]4NCc3cc4ccccc4o3)c2n1. The molecule has 1 aliphatic heterocycles. The van der Waals surface area contributed by atoms with Crippen LogP contribution >= 0.6 is 0 Å². The van der Waals surface area contributed by atoms with Crippen LogP contribution in [0.1, 0.15) is 17.4 Å². The summed E-state index contributed by atoms with van der Waals surface area (Å²) < 4.78 is 11.1. The summed E-state index contributed by atoms with van der Waals surface area (Å²) in [6, 6.07) is 16.5. The first kappa shape index (κ1) is 19.7. The average Bonchev–Trinajstić information content (AvgIpc) is 3.15. The van der Waals surface area contributed by atoms with E-state index in [1.54, 1.807) is 13.3 Å². The first-order valence-electron chi connectivity index (χ1n) is 11.1. The Hall–Kier alpha value is -3.00. The van der Waals surface area contributed by atoms with Crippen LogP contribution in [0.4, 0.5) is 0 Å². The Morgan fingerprint density at radius 1 is 1.19 bits per heavy atom. The number of likely N-dealkylation sites (tertiary alicyclic amines) is 1. The van der Waals surface area contributed by atoms with Gasteiger partial charge in [0.1, 0.15) is 11.3 Å². The highest BCUT2D eigenvalue weighted by Crippen LogP contribution is 2.46. The molecule has 1 aliphatic carbocycles. The number of β-amino-alcohol motifs (C(OH)–C–C–N with tert-alkyl or cyclic N) is 1. The molecule has 1 saturated carbocycles. The summed E-state index contributed by atoms with van der Waals surface area (Å²) in [7, 11) is 1.57. The molecule has 1 saturated heterocycles. The summed E-state index contributed by atoms with van der Waals surface area (Å²) in [5.74, 6) is 2.71. The zero-order chi connectivity index (χ0) is 21.7. The van der Waals surface area contributed by atoms with Gasteiger partial charge < -0.3 is 19.6 Å². The summed E-state index contributed by atoms with van der Waals surface area (Å²) in [4.78, 5) is 11.3. The number of ether oxygens (including phenoxy) is 1. The molecule has 0 bridgehead atoms. The van der Waals surface area contributed by atoms with E-state index in [1.807, 2.05) is 36.4 Å². The van der Waals surface area contributed by atoms with Gasteiger partial charge in [-0.25, -0.2) is 9.97 Å². The van der Waals surface area contributed by atoms with Crippen molar-refractivity contribution in [2.75, 3.05) is 26.7 Å². The number of hydrogen-bond acceptors (Lipinski definition) is 7. The van der Waals surface area contributed by atoms with Crippen molar-refractivity contribution < 1.29 is 14.3 Å². The third kappa shape index (κ3) is 3.52. The third-order valence-electron chi connectivity index (χ3n) is 6.84. The fraction of sp³-hybridized carbons (Fsp3) is 0.360. The normalized spacial score (nSPS) is 23.5. The Balaban J connectivity index is 1.05. The molecule has 7 heteroatoms. The van der Waals surface area contributed by atoms with Gasteiger partial charge in [0.05, 0.1) is 37.0 Å². The number of hydrogen-bond donors (Lipinski definition) is 2. The number of rotatable bonds is 7. The summed E-state index contributed by atoms with van der Waals surface area (Å²) in [6.45, 7) is 3.35. The lowest BCUT2D eigenvalue weighted by atomic mass is 10.1. The molecule has 6 rings (SSSR count). The number of para-hydroxylation sites is 2. The van der Waals surface area contributed by atoms with Gasteiger partial charge >= 0.3 is 0 Å². The second kappa shape index (κ2) is 7.85. The Bertz CT molecular complexity index is 1230. The van der Waals surface area contributed by atoms with E-state index in [1.165, 1.54) is 0 Å². The number of nitrogens with one attached hydrogen (secondary N) is 1. The lowest BCUT2D eigenvalue weighted by molar-refractivity contribution is 0.119. The first-order chi connectivity index (χ1) is 15.7. The van der Waals surface area contributed by atoms with Crippen LogP contribution in [-0.4, -0.2) is 52.8 Å². The Morgan fingerprint density at radius 2 is 2.03 bits per heavy atom. The minimum Gasteiger partial charge on any atom is -0.480 e. The Labute approximate surface area is 186 Å². The predicted molar refractivity (Wildman–Crippen MR) is 121 cm³/mol. The van der Waals surface area contributed by atoms with Crippen LogP contribution in [0.2, 0.25) is 0 Å². The van der Waals surface area contributed by atoms with Crippen LogP contribution in [0, 0.1) is 11.8 Å². The van der Waals surface area contributed by atoms with Gasteiger partial charge in [-0.15, -0.1) is 0 Å². The van der Waals surface area contributed by atoms with E-state index in [0.29, 0.717) is 35.8 Å². The maximum absolute atomic E-state index is 11.0. The molecule has 0 amide bonds. The van der Waals surface area contributed by atoms with E-state index < -0.39 is 6.10 Å². The first-order valence-corrected chi connectivity index (χ1v) is 11.1. The van der Waals surface area contributed by atoms with Gasteiger partial charge in [0.15, 0.2) is 0 Å². The molecule has 0 radical (unpaired) electrons. The van der Waals surface area contributed by atoms with Crippen LogP contribution in [-0.2, 0) is 6.54 Å². The van der Waals surface area contributed by atoms with Gasteiger partial charge in [-0.1, -0.05) is 30.3 Å². The monoisotopic (exact) mass is 430 g/mol. The van der Waals surface area contributed by atoms with Crippen LogP contribution in [0.5, 0.6) is 5.88 Å². The number of aliphatic hydroxyl groups excluding tert-OH is 1. The second-order valence-corrected chi connectivity index (χ2v) is 8.85. The molecule has 2 aliphatic rings. The molecular formula is C25H26N4O3. The van der Waals surface area contributed by atoms with Crippen molar-refractivity contribution in [3.8, 4) is 5.88 Å². The lowest BCUT2D eigenvalue weighted by Crippen LogP contribution is -2.33. The van der Waals surface area contributed by atoms with Crippen LogP contribution < -0.4 is 10.1 Å². The summed E-state index contributed by atoms with van der Waals surface area (Å²) in [6.07, 6.45) is 0.991. The number of aromatic nitrogens is 2. The zero-order valence-corrected chi connectivity index (χ0v) is 17.9. The number of aliphatic hydroxyl groups is 1. The van der Waals surface area contributed by atoms with Gasteiger partial charge in [-0.3, -0.25) is 4.90 Å². The summed E-state index contributed by atoms with van der Waals surface area (Å²) >= 11 is 0. The topological polar surface area (TPSA) is 83.7 Å². The molecule has 4 aromatic rings. The minimum atomic E-state index is -0.612. The lowest BCUT2D eigenvalue weighted by Gasteiger charge is -2.23. The molecule has 4 atom stereocenters. The number of fused-ring (bicyclic) bond motifs is 3. The highest BCUT2D eigenvalue weighted by atomic mass is 16.5. The molecule has 0 spiro atoms. The van der Waals surface area contributed by atoms with E-state index in [-0.39, 0.29) is 0 Å². The van der Waals surface area contributed by atoms with Crippen LogP contribution in [0.15, 0.2) is 59.1 Å². The number of piperidine rings is 1. The highest BCUT2D eigenvalue weighted by Gasteiger charge is 2.55. The quantitative estimate of drug-likeness (QED) is 0.466. The maximum atomic E-state index is 11.0. The predicted octanol–water partition coefficient (Wildman–Crippen LogP) is 3.14. The third-order valence-corrected chi connectivity index (χ3v) is 6.84. The van der Waals surface area contributed by atoms with Crippen molar-refractivity contribution in [1.82, 2.24) is 20.2 Å². The van der Waals surface area contributed by atoms with Crippen LogP contribution in [0.25, 0.3) is 22.0 Å². The van der Waals surface area contributed by atoms with E-state index in [2.05, 4.69) is 32.3 Å². The zero-order valence-electron chi connectivity index (χ0n) is 17.9. The summed E-state index contributed by atoms with van der Waals surface area (Å²) in [5, 5.41) is 15.8. The van der Waals surface area contributed by atoms with Crippen LogP contribution in [0.3, 0.4) is 0 Å². The van der Waals surface area contributed by atoms with Crippen molar-refractivity contribution in [3.05, 3.63) is 66.1 Å². The van der Waals surface area contributed by atoms with E-state index in [4.69, 9.17) is 9.15 Å². The molecule has 2 aromatic heterocycles. The summed E-state index contributed by atoms with van der Waals surface area (Å²) in [5.41, 5.74) is 3.21. The molecule has 32 heavy (non-hydrogen) atoms. The largest absolute Gasteiger partial charge is 0.480 e. The van der Waals surface area contributed by atoms with Gasteiger partial charge in [-0.05, 0) is 30.0 Å². The standard InChI is InChI=1S/C25H26N4O3/c1-31-23-11-26-20-7-4-6-17(25(20)28-23)21(30)14-29-12-18-19(13-29)24(18)27-10-16-9-15-5-2-3-8-22(15)32-16/h2-9,11,18-19,21,24,27,30H,10,12-14H2,1H3/t18-,19?,21+,24+/m1/s1. The van der Waals surface area contributed by atoms with Crippen molar-refractivity contribution >= 4 is 22.0 Å². The van der Waals surface area contributed by atoms with Gasteiger partial charge in [0.2, 0.25) is 5.88 Å². The highest BCUT2D eigenvalue weighted by molar-refractivity contribution is 5.79. The molecular weight excluding hydrogens is 404 g/mol. The molecule has 1 unspecified atom stereocenters. The average molecular weight is 431 g/mol. The second-order valence-electron chi connectivity index (χ2n) is 8.85. The molecule has 2 aromatic carbocycles. The van der Waals surface area contributed by atoms with Crippen molar-refractivity contribution in [3.63, 3.8) is 0 Å². The van der Waals surface area contributed by atoms with Crippen molar-refractivity contribution in [2.24, 2.45) is 11.8 Å². The van der Waals surface area contributed by atoms with Gasteiger partial charge in [0, 0.05) is 36.6 Å². The molecule has 2 N–H and O–H groups in total. The molecule has 164 valence electrons. The molecule has 7 nitrogen and oxygen atoms in total. The Kier molecular flexibility index (Phi) is 4.82. The fourth-order valence-corrected chi connectivity index (χ4v) is 5.16. The van der Waals surface area contributed by atoms with Crippen molar-refractivity contribution in [1.29, 1.82) is 0 Å². The number of nitrogens with zero attached hydrogens (tertiary/aromatic N) is 3. The number of furan rings is 1. The maximum Gasteiger partial charge on any atom is 0.232 e. The minimum absolute atomic E-state index is 0.456. The van der Waals surface area contributed by atoms with Gasteiger partial charge in [-0.2, -0.15) is 0 Å². The fourth-order valence-electron chi connectivity index (χ4n) is 5.16. The van der Waals surface area contributed by atoms with E-state index in [9.17, 15) is 5.11 Å².